The summed E-state index contributed by atoms with van der Waals surface area (Å²) in [6.07, 6.45) is 29.1. The molecule has 0 atom stereocenters. The summed E-state index contributed by atoms with van der Waals surface area (Å²) >= 11 is -4.28. The average molecular weight is 772 g/mol. The average Bonchev–Trinajstić information content (AvgIpc) is 3.03. The van der Waals surface area contributed by atoms with E-state index in [1.54, 1.807) is 0 Å². The van der Waals surface area contributed by atoms with Crippen LogP contribution in [0.1, 0.15) is 220 Å². The molecule has 0 aromatic heterocycles. The molecule has 0 aliphatic heterocycles. The topological polar surface area (TPSA) is 86.7 Å². The van der Waals surface area contributed by atoms with Gasteiger partial charge >= 0.3 is 283 Å². The molecule has 47 heavy (non-hydrogen) atoms. The van der Waals surface area contributed by atoms with Crippen molar-refractivity contribution in [2.45, 2.75) is 229 Å². The van der Waals surface area contributed by atoms with Crippen molar-refractivity contribution in [2.75, 3.05) is 0 Å². The molecule has 276 valence electrons. The fraction of sp³-hybridized carbons (Fsp3) is 0.900. The standard InChI is InChI=1S/2C12H22O3.2C8H17.Sn/c2*1-2-3-4-5-6-7-8-9-11(13)10-12(14)15;2*1-3-5-7-8-6-4-2;/h2*2-10H2,1H3,(H,14,15);2*1,3-8H2,2H3;/q;;;;+2/p-2. The van der Waals surface area contributed by atoms with Gasteiger partial charge in [-0.25, -0.2) is 0 Å². The summed E-state index contributed by atoms with van der Waals surface area (Å²) in [5, 5.41) is 0. The Morgan fingerprint density at radius 1 is 0.362 bits per heavy atom. The number of hydrogen-bond donors (Lipinski definition) is 0. The van der Waals surface area contributed by atoms with Crippen LogP contribution in [-0.2, 0) is 25.3 Å². The van der Waals surface area contributed by atoms with Crippen molar-refractivity contribution in [1.29, 1.82) is 0 Å². The molecular weight excluding hydrogens is 695 g/mol. The van der Waals surface area contributed by atoms with Gasteiger partial charge in [0.25, 0.3) is 0 Å². The third-order valence-corrected chi connectivity index (χ3v) is 19.0. The Hall–Kier alpha value is -0.921. The van der Waals surface area contributed by atoms with Gasteiger partial charge in [-0.05, 0) is 0 Å². The molecular formula is C40H76O6Sn. The van der Waals surface area contributed by atoms with Crippen LogP contribution in [0.3, 0.4) is 0 Å². The van der Waals surface area contributed by atoms with Crippen LogP contribution >= 0.6 is 0 Å². The first-order valence-corrected chi connectivity index (χ1v) is 26.7. The zero-order chi connectivity index (χ0) is 34.9. The van der Waals surface area contributed by atoms with E-state index in [1.165, 1.54) is 89.9 Å². The van der Waals surface area contributed by atoms with Crippen LogP contribution in [0.5, 0.6) is 0 Å². The van der Waals surface area contributed by atoms with Crippen LogP contribution in [0.25, 0.3) is 0 Å². The molecule has 6 nitrogen and oxygen atoms in total. The zero-order valence-corrected chi connectivity index (χ0v) is 34.4. The van der Waals surface area contributed by atoms with E-state index in [0.29, 0.717) is 21.7 Å². The molecule has 0 heterocycles. The van der Waals surface area contributed by atoms with Crippen LogP contribution in [0.4, 0.5) is 0 Å². The molecule has 0 spiro atoms. The summed E-state index contributed by atoms with van der Waals surface area (Å²) in [4.78, 5) is 52.0. The monoisotopic (exact) mass is 772 g/mol. The van der Waals surface area contributed by atoms with Gasteiger partial charge in [0.15, 0.2) is 0 Å². The third-order valence-electron chi connectivity index (χ3n) is 9.22. The van der Waals surface area contributed by atoms with Crippen LogP contribution in [0.2, 0.25) is 8.87 Å². The van der Waals surface area contributed by atoms with Crippen molar-refractivity contribution in [3.8, 4) is 0 Å². The van der Waals surface area contributed by atoms with E-state index in [2.05, 4.69) is 27.7 Å². The van der Waals surface area contributed by atoms with Crippen LogP contribution in [0, 0.1) is 0 Å². The minimum atomic E-state index is -4.28. The fourth-order valence-corrected chi connectivity index (χ4v) is 15.5. The van der Waals surface area contributed by atoms with Crippen molar-refractivity contribution < 1.29 is 25.3 Å². The number of carbonyl (C=O) groups excluding carboxylic acids is 4. The van der Waals surface area contributed by atoms with E-state index in [1.807, 2.05) is 0 Å². The molecule has 0 N–H and O–H groups in total. The molecule has 0 radical (unpaired) electrons. The molecule has 0 aliphatic rings. The maximum absolute atomic E-state index is 13.2. The molecule has 0 unspecified atom stereocenters. The van der Waals surface area contributed by atoms with Crippen LogP contribution in [-0.4, -0.2) is 42.7 Å². The summed E-state index contributed by atoms with van der Waals surface area (Å²) in [6, 6.07) is 0. The fourth-order valence-electron chi connectivity index (χ4n) is 6.24. The SMILES string of the molecule is CCCCCCCCCC(=O)CC(=O)[O][Sn]([CH2]CCCCCCC)([CH2]CCCCCCC)[O]C(=O)CC(=O)CCCCCCCCC. The van der Waals surface area contributed by atoms with Gasteiger partial charge in [0.1, 0.15) is 0 Å². The van der Waals surface area contributed by atoms with Gasteiger partial charge in [-0.15, -0.1) is 0 Å². The molecule has 0 saturated heterocycles. The van der Waals surface area contributed by atoms with Crippen molar-refractivity contribution in [2.24, 2.45) is 0 Å². The van der Waals surface area contributed by atoms with Gasteiger partial charge < -0.3 is 0 Å². The van der Waals surface area contributed by atoms with E-state index in [4.69, 9.17) is 6.15 Å². The molecule has 7 heteroatoms. The Morgan fingerprint density at radius 2 is 0.617 bits per heavy atom. The van der Waals surface area contributed by atoms with Crippen molar-refractivity contribution in [1.82, 2.24) is 0 Å². The van der Waals surface area contributed by atoms with E-state index in [0.717, 1.165) is 77.0 Å². The van der Waals surface area contributed by atoms with Crippen molar-refractivity contribution in [3.05, 3.63) is 0 Å². The Morgan fingerprint density at radius 3 is 0.915 bits per heavy atom. The summed E-state index contributed by atoms with van der Waals surface area (Å²) < 4.78 is 13.7. The number of Topliss-reactive ketones (excluding diaryl/α,β-unsaturated/α-hetero) is 2. The first-order valence-electron chi connectivity index (χ1n) is 20.3. The summed E-state index contributed by atoms with van der Waals surface area (Å²) in [6.45, 7) is 8.81. The number of unbranched alkanes of at least 4 members (excludes halogenated alkanes) is 22. The Labute approximate surface area is 296 Å². The smallest absolute Gasteiger partial charge is 0.0654 e. The second-order valence-electron chi connectivity index (χ2n) is 14.1. The van der Waals surface area contributed by atoms with Gasteiger partial charge in [-0.1, -0.05) is 13.8 Å². The van der Waals surface area contributed by atoms with Gasteiger partial charge in [0.05, 0.1) is 0 Å². The number of ketones is 2. The van der Waals surface area contributed by atoms with Gasteiger partial charge in [0, 0.05) is 0 Å². The summed E-state index contributed by atoms with van der Waals surface area (Å²) in [5.41, 5.74) is 0. The number of rotatable bonds is 36. The molecule has 0 amide bonds. The molecule has 0 aliphatic carbocycles. The quantitative estimate of drug-likeness (QED) is 0.0358. The minimum Gasteiger partial charge on any atom is -0.0654 e. The number of hydrogen-bond acceptors (Lipinski definition) is 6. The van der Waals surface area contributed by atoms with Gasteiger partial charge in [0.2, 0.25) is 0 Å². The molecule has 0 aromatic rings. The molecule has 0 saturated carbocycles. The normalized spacial score (nSPS) is 11.5. The van der Waals surface area contributed by atoms with Gasteiger partial charge in [-0.2, -0.15) is 0 Å². The molecule has 0 rings (SSSR count). The zero-order valence-electron chi connectivity index (χ0n) is 31.6. The molecule has 0 fully saturated rings. The van der Waals surface area contributed by atoms with Crippen LogP contribution < -0.4 is 0 Å². The Kier molecular flexibility index (Phi) is 32.9. The Bertz CT molecular complexity index is 719. The van der Waals surface area contributed by atoms with Crippen LogP contribution in [0.15, 0.2) is 0 Å². The van der Waals surface area contributed by atoms with E-state index < -0.39 is 31.1 Å². The molecule has 0 bridgehead atoms. The number of carbonyl (C=O) groups is 4. The van der Waals surface area contributed by atoms with E-state index in [-0.39, 0.29) is 24.4 Å². The first kappa shape index (κ1) is 46.1. The third kappa shape index (κ3) is 29.7. The van der Waals surface area contributed by atoms with E-state index >= 15 is 0 Å². The predicted molar refractivity (Wildman–Crippen MR) is 199 cm³/mol. The summed E-state index contributed by atoms with van der Waals surface area (Å²) in [5.74, 6) is -1.21. The minimum absolute atomic E-state index is 0.0842. The predicted octanol–water partition coefficient (Wildman–Crippen LogP) is 12.4. The molecule has 0 aromatic carbocycles. The van der Waals surface area contributed by atoms with Crippen molar-refractivity contribution >= 4 is 42.7 Å². The van der Waals surface area contributed by atoms with Crippen molar-refractivity contribution in [3.63, 3.8) is 0 Å². The summed E-state index contributed by atoms with van der Waals surface area (Å²) in [7, 11) is 0. The second kappa shape index (κ2) is 33.6. The van der Waals surface area contributed by atoms with E-state index in [9.17, 15) is 19.2 Å². The Balaban J connectivity index is 5.34. The second-order valence-corrected chi connectivity index (χ2v) is 23.3. The van der Waals surface area contributed by atoms with Gasteiger partial charge in [-0.3, -0.25) is 0 Å². The first-order chi connectivity index (χ1) is 22.8. The maximum atomic E-state index is 13.2.